The normalized spacial score (nSPS) is 14.4. The van der Waals surface area contributed by atoms with Crippen LogP contribution in [0.5, 0.6) is 0 Å². The minimum Gasteiger partial charge on any atom is -0.271 e. The van der Waals surface area contributed by atoms with E-state index in [9.17, 15) is 4.39 Å². The Morgan fingerprint density at radius 3 is 2.68 bits per heavy atom. The van der Waals surface area contributed by atoms with E-state index < -0.39 is 0 Å². The Bertz CT molecular complexity index is 384. The molecule has 1 aromatic rings. The molecule has 4 heteroatoms. The SMILES string of the molecule is CCCCC(CC)C(Cc1cccc(Cl)c1F)NN. The lowest BCUT2D eigenvalue weighted by Crippen LogP contribution is -2.42. The zero-order valence-electron chi connectivity index (χ0n) is 11.8. The quantitative estimate of drug-likeness (QED) is 0.558. The first-order valence-electron chi connectivity index (χ1n) is 7.03. The number of hydrazine groups is 1. The lowest BCUT2D eigenvalue weighted by atomic mass is 9.88. The number of hydrogen-bond donors (Lipinski definition) is 2. The summed E-state index contributed by atoms with van der Waals surface area (Å²) in [5, 5.41) is 0.176. The number of rotatable bonds is 8. The molecule has 0 aliphatic rings. The summed E-state index contributed by atoms with van der Waals surface area (Å²) in [5.74, 6) is 5.79. The number of hydrogen-bond acceptors (Lipinski definition) is 2. The van der Waals surface area contributed by atoms with Crippen molar-refractivity contribution in [1.29, 1.82) is 0 Å². The van der Waals surface area contributed by atoms with E-state index in [0.29, 0.717) is 17.9 Å². The molecular formula is C15H24ClFN2. The number of nitrogens with one attached hydrogen (secondary N) is 1. The Balaban J connectivity index is 2.77. The zero-order valence-corrected chi connectivity index (χ0v) is 12.5. The van der Waals surface area contributed by atoms with Gasteiger partial charge in [-0.3, -0.25) is 11.3 Å². The molecule has 0 heterocycles. The topological polar surface area (TPSA) is 38.0 Å². The van der Waals surface area contributed by atoms with E-state index in [1.807, 2.05) is 0 Å². The highest BCUT2D eigenvalue weighted by Crippen LogP contribution is 2.23. The maximum absolute atomic E-state index is 13.9. The van der Waals surface area contributed by atoms with Crippen LogP contribution in [0.4, 0.5) is 4.39 Å². The van der Waals surface area contributed by atoms with Gasteiger partial charge in [0.25, 0.3) is 0 Å². The second kappa shape index (κ2) is 8.51. The molecule has 0 spiro atoms. The molecule has 2 nitrogen and oxygen atoms in total. The third-order valence-electron chi connectivity index (χ3n) is 3.71. The van der Waals surface area contributed by atoms with Gasteiger partial charge < -0.3 is 0 Å². The predicted octanol–water partition coefficient (Wildman–Crippen LogP) is 4.07. The number of nitrogens with two attached hydrogens (primary N) is 1. The minimum absolute atomic E-state index is 0.0875. The average molecular weight is 287 g/mol. The van der Waals surface area contributed by atoms with Crippen LogP contribution in [0.3, 0.4) is 0 Å². The highest BCUT2D eigenvalue weighted by molar-refractivity contribution is 6.30. The molecule has 19 heavy (non-hydrogen) atoms. The van der Waals surface area contributed by atoms with Crippen LogP contribution >= 0.6 is 11.6 Å². The zero-order chi connectivity index (χ0) is 14.3. The molecule has 0 saturated heterocycles. The molecule has 2 atom stereocenters. The van der Waals surface area contributed by atoms with Gasteiger partial charge in [0.15, 0.2) is 0 Å². The third kappa shape index (κ3) is 4.75. The van der Waals surface area contributed by atoms with Crippen LogP contribution in [-0.2, 0) is 6.42 Å². The molecule has 2 unspecified atom stereocenters. The monoisotopic (exact) mass is 286 g/mol. The average Bonchev–Trinajstić information content (AvgIpc) is 2.42. The molecule has 0 saturated carbocycles. The van der Waals surface area contributed by atoms with Crippen LogP contribution in [0.2, 0.25) is 5.02 Å². The van der Waals surface area contributed by atoms with Gasteiger partial charge in [0, 0.05) is 6.04 Å². The summed E-state index contributed by atoms with van der Waals surface area (Å²) in [5.41, 5.74) is 3.48. The van der Waals surface area contributed by atoms with Gasteiger partial charge in [-0.15, -0.1) is 0 Å². The first-order valence-corrected chi connectivity index (χ1v) is 7.40. The van der Waals surface area contributed by atoms with Crippen molar-refractivity contribution in [2.45, 2.75) is 52.0 Å². The molecule has 0 aliphatic heterocycles. The summed E-state index contributed by atoms with van der Waals surface area (Å²) in [6, 6.07) is 5.21. The van der Waals surface area contributed by atoms with Crippen LogP contribution in [0, 0.1) is 11.7 Å². The van der Waals surface area contributed by atoms with Gasteiger partial charge >= 0.3 is 0 Å². The van der Waals surface area contributed by atoms with Crippen LogP contribution < -0.4 is 11.3 Å². The Kier molecular flexibility index (Phi) is 7.36. The maximum atomic E-state index is 13.9. The second-order valence-electron chi connectivity index (χ2n) is 5.00. The first kappa shape index (κ1) is 16.4. The molecule has 1 aromatic carbocycles. The lowest BCUT2D eigenvalue weighted by Gasteiger charge is -2.26. The van der Waals surface area contributed by atoms with Gasteiger partial charge in [-0.2, -0.15) is 0 Å². The summed E-state index contributed by atoms with van der Waals surface area (Å²) in [6.07, 6.45) is 5.07. The molecule has 108 valence electrons. The van der Waals surface area contributed by atoms with E-state index >= 15 is 0 Å². The Morgan fingerprint density at radius 1 is 1.37 bits per heavy atom. The van der Waals surface area contributed by atoms with E-state index in [2.05, 4.69) is 19.3 Å². The van der Waals surface area contributed by atoms with Crippen molar-refractivity contribution in [2.24, 2.45) is 11.8 Å². The van der Waals surface area contributed by atoms with E-state index in [1.165, 1.54) is 12.8 Å². The molecule has 0 amide bonds. The highest BCUT2D eigenvalue weighted by Gasteiger charge is 2.20. The lowest BCUT2D eigenvalue weighted by molar-refractivity contribution is 0.316. The standard InChI is InChI=1S/C15H24ClFN2/c1-3-5-7-11(4-2)14(19-18)10-12-8-6-9-13(16)15(12)17/h6,8-9,11,14,19H,3-5,7,10,18H2,1-2H3. The molecule has 0 aromatic heterocycles. The van der Waals surface area contributed by atoms with Gasteiger partial charge in [0.05, 0.1) is 5.02 Å². The Hall–Kier alpha value is -0.640. The summed E-state index contributed by atoms with van der Waals surface area (Å²) in [4.78, 5) is 0. The van der Waals surface area contributed by atoms with Crippen molar-refractivity contribution < 1.29 is 4.39 Å². The van der Waals surface area contributed by atoms with E-state index in [-0.39, 0.29) is 16.9 Å². The van der Waals surface area contributed by atoms with Crippen molar-refractivity contribution in [3.63, 3.8) is 0 Å². The molecule has 0 radical (unpaired) electrons. The van der Waals surface area contributed by atoms with Gasteiger partial charge in [-0.25, -0.2) is 4.39 Å². The van der Waals surface area contributed by atoms with Crippen molar-refractivity contribution in [2.75, 3.05) is 0 Å². The van der Waals surface area contributed by atoms with Crippen molar-refractivity contribution >= 4 is 11.6 Å². The number of benzene rings is 1. The molecular weight excluding hydrogens is 263 g/mol. The molecule has 0 fully saturated rings. The van der Waals surface area contributed by atoms with Crippen molar-refractivity contribution in [3.8, 4) is 0 Å². The van der Waals surface area contributed by atoms with Crippen molar-refractivity contribution in [3.05, 3.63) is 34.6 Å². The van der Waals surface area contributed by atoms with E-state index in [4.69, 9.17) is 17.4 Å². The third-order valence-corrected chi connectivity index (χ3v) is 4.00. The van der Waals surface area contributed by atoms with Gasteiger partial charge in [0.2, 0.25) is 0 Å². The molecule has 0 bridgehead atoms. The first-order chi connectivity index (χ1) is 9.13. The predicted molar refractivity (Wildman–Crippen MR) is 79.5 cm³/mol. The molecule has 0 aliphatic carbocycles. The fraction of sp³-hybridized carbons (Fsp3) is 0.600. The van der Waals surface area contributed by atoms with E-state index in [0.717, 1.165) is 12.8 Å². The Labute approximate surface area is 120 Å². The molecule has 3 N–H and O–H groups in total. The van der Waals surface area contributed by atoms with Gasteiger partial charge in [-0.1, -0.05) is 56.8 Å². The summed E-state index contributed by atoms with van der Waals surface area (Å²) < 4.78 is 13.9. The Morgan fingerprint density at radius 2 is 2.11 bits per heavy atom. The van der Waals surface area contributed by atoms with Gasteiger partial charge in [-0.05, 0) is 30.4 Å². The second-order valence-corrected chi connectivity index (χ2v) is 5.41. The van der Waals surface area contributed by atoms with Crippen molar-refractivity contribution in [1.82, 2.24) is 5.43 Å². The van der Waals surface area contributed by atoms with E-state index in [1.54, 1.807) is 18.2 Å². The summed E-state index contributed by atoms with van der Waals surface area (Å²) in [7, 11) is 0. The molecule has 1 rings (SSSR count). The maximum Gasteiger partial charge on any atom is 0.145 e. The van der Waals surface area contributed by atoms with Crippen LogP contribution in [-0.4, -0.2) is 6.04 Å². The fourth-order valence-electron chi connectivity index (χ4n) is 2.46. The summed E-state index contributed by atoms with van der Waals surface area (Å²) >= 11 is 5.81. The smallest absolute Gasteiger partial charge is 0.145 e. The van der Waals surface area contributed by atoms with Gasteiger partial charge in [0.1, 0.15) is 5.82 Å². The van der Waals surface area contributed by atoms with Crippen LogP contribution in [0.15, 0.2) is 18.2 Å². The van der Waals surface area contributed by atoms with Crippen LogP contribution in [0.25, 0.3) is 0 Å². The number of halogens is 2. The largest absolute Gasteiger partial charge is 0.271 e. The highest BCUT2D eigenvalue weighted by atomic mass is 35.5. The minimum atomic E-state index is -0.324. The fourth-order valence-corrected chi connectivity index (χ4v) is 2.65. The number of unbranched alkanes of at least 4 members (excludes halogenated alkanes) is 1. The summed E-state index contributed by atoms with van der Waals surface area (Å²) in [6.45, 7) is 4.33. The van der Waals surface area contributed by atoms with Crippen LogP contribution in [0.1, 0.15) is 45.1 Å².